The van der Waals surface area contributed by atoms with E-state index >= 15 is 0 Å². The minimum atomic E-state index is -0.840. The molecule has 0 aromatic carbocycles. The van der Waals surface area contributed by atoms with Crippen LogP contribution < -0.4 is 10.6 Å². The minimum absolute atomic E-state index is 0.0630. The van der Waals surface area contributed by atoms with Crippen LogP contribution in [0.25, 0.3) is 0 Å². The number of piperazine rings is 2. The van der Waals surface area contributed by atoms with Gasteiger partial charge < -0.3 is 15.1 Å². The molecule has 0 radical (unpaired) electrons. The molecular formula is C12H20N4O3. The normalized spacial score (nSPS) is 27.2. The van der Waals surface area contributed by atoms with Crippen molar-refractivity contribution in [2.24, 2.45) is 0 Å². The van der Waals surface area contributed by atoms with E-state index in [1.807, 2.05) is 0 Å². The molecule has 0 aromatic rings. The van der Waals surface area contributed by atoms with Crippen molar-refractivity contribution in [1.82, 2.24) is 20.4 Å². The van der Waals surface area contributed by atoms with E-state index in [1.165, 1.54) is 0 Å². The number of nitrogens with one attached hydrogen (secondary N) is 2. The lowest BCUT2D eigenvalue weighted by molar-refractivity contribution is -0.158. The van der Waals surface area contributed by atoms with Gasteiger partial charge in [0.25, 0.3) is 0 Å². The van der Waals surface area contributed by atoms with Crippen LogP contribution in [-0.4, -0.2) is 72.3 Å². The van der Waals surface area contributed by atoms with Crippen molar-refractivity contribution in [2.75, 3.05) is 33.2 Å². The van der Waals surface area contributed by atoms with Gasteiger partial charge in [0.15, 0.2) is 0 Å². The first kappa shape index (κ1) is 13.8. The molecule has 7 nitrogen and oxygen atoms in total. The van der Waals surface area contributed by atoms with Crippen LogP contribution in [0.3, 0.4) is 0 Å². The Bertz CT molecular complexity index is 411. The first-order valence-corrected chi connectivity index (χ1v) is 6.41. The highest BCUT2D eigenvalue weighted by molar-refractivity contribution is 5.94. The molecule has 1 unspecified atom stereocenters. The van der Waals surface area contributed by atoms with Crippen LogP contribution in [0.2, 0.25) is 0 Å². The van der Waals surface area contributed by atoms with Gasteiger partial charge in [-0.3, -0.25) is 19.7 Å². The number of carbonyl (C=O) groups excluding carboxylic acids is 3. The van der Waals surface area contributed by atoms with E-state index < -0.39 is 11.6 Å². The Hall–Kier alpha value is -1.63. The van der Waals surface area contributed by atoms with Crippen molar-refractivity contribution >= 4 is 17.7 Å². The monoisotopic (exact) mass is 268 g/mol. The molecule has 2 heterocycles. The zero-order chi connectivity index (χ0) is 14.2. The Morgan fingerprint density at radius 2 is 2.00 bits per heavy atom. The van der Waals surface area contributed by atoms with E-state index in [0.29, 0.717) is 13.1 Å². The van der Waals surface area contributed by atoms with Crippen LogP contribution in [0.4, 0.5) is 0 Å². The molecule has 2 aliphatic heterocycles. The molecule has 106 valence electrons. The van der Waals surface area contributed by atoms with Crippen LogP contribution in [0.1, 0.15) is 13.8 Å². The number of rotatable bonds is 1. The summed E-state index contributed by atoms with van der Waals surface area (Å²) < 4.78 is 0. The number of hydrogen-bond donors (Lipinski definition) is 2. The standard InChI is InChI=1S/C12H20N4O3/c1-12(2)11(19)15(3)4-5-16(12)10(18)8-6-14-9(17)7-13-8/h8,13H,4-7H2,1-3H3,(H,14,17). The molecule has 1 atom stereocenters. The van der Waals surface area contributed by atoms with Crippen LogP contribution in [0.5, 0.6) is 0 Å². The van der Waals surface area contributed by atoms with Gasteiger partial charge in [-0.1, -0.05) is 0 Å². The van der Waals surface area contributed by atoms with Crippen molar-refractivity contribution in [1.29, 1.82) is 0 Å². The Kier molecular flexibility index (Phi) is 3.49. The van der Waals surface area contributed by atoms with Crippen LogP contribution in [0, 0.1) is 0 Å². The van der Waals surface area contributed by atoms with Gasteiger partial charge in [0.1, 0.15) is 11.6 Å². The van der Waals surface area contributed by atoms with E-state index in [0.717, 1.165) is 0 Å². The maximum atomic E-state index is 12.5. The number of carbonyl (C=O) groups is 3. The average Bonchev–Trinajstić information content (AvgIpc) is 2.36. The third-order valence-electron chi connectivity index (χ3n) is 3.78. The number of likely N-dealkylation sites (N-methyl/N-ethyl adjacent to an activating group) is 1. The van der Waals surface area contributed by atoms with Gasteiger partial charge >= 0.3 is 0 Å². The van der Waals surface area contributed by atoms with Gasteiger partial charge in [-0.15, -0.1) is 0 Å². The summed E-state index contributed by atoms with van der Waals surface area (Å²) >= 11 is 0. The zero-order valence-electron chi connectivity index (χ0n) is 11.5. The molecule has 2 rings (SSSR count). The topological polar surface area (TPSA) is 81.8 Å². The molecule has 2 aliphatic rings. The molecule has 0 saturated carbocycles. The van der Waals surface area contributed by atoms with Crippen LogP contribution >= 0.6 is 0 Å². The van der Waals surface area contributed by atoms with Crippen LogP contribution in [-0.2, 0) is 14.4 Å². The zero-order valence-corrected chi connectivity index (χ0v) is 11.5. The maximum absolute atomic E-state index is 12.5. The summed E-state index contributed by atoms with van der Waals surface area (Å²) in [6.07, 6.45) is 0. The highest BCUT2D eigenvalue weighted by Crippen LogP contribution is 2.22. The molecule has 0 bridgehead atoms. The fourth-order valence-electron chi connectivity index (χ4n) is 2.53. The average molecular weight is 268 g/mol. The third kappa shape index (κ3) is 2.42. The van der Waals surface area contributed by atoms with E-state index in [-0.39, 0.29) is 30.8 Å². The fourth-order valence-corrected chi connectivity index (χ4v) is 2.53. The second kappa shape index (κ2) is 4.80. The maximum Gasteiger partial charge on any atom is 0.247 e. The lowest BCUT2D eigenvalue weighted by Gasteiger charge is -2.46. The Morgan fingerprint density at radius 3 is 2.58 bits per heavy atom. The van der Waals surface area contributed by atoms with Gasteiger partial charge in [-0.2, -0.15) is 0 Å². The number of hydrogen-bond acceptors (Lipinski definition) is 4. The first-order valence-electron chi connectivity index (χ1n) is 6.41. The summed E-state index contributed by atoms with van der Waals surface area (Å²) in [7, 11) is 1.74. The van der Waals surface area contributed by atoms with Crippen molar-refractivity contribution < 1.29 is 14.4 Å². The summed E-state index contributed by atoms with van der Waals surface area (Å²) in [5, 5.41) is 5.56. The van der Waals surface area contributed by atoms with E-state index in [2.05, 4.69) is 10.6 Å². The molecule has 3 amide bonds. The van der Waals surface area contributed by atoms with E-state index in [4.69, 9.17) is 0 Å². The fraction of sp³-hybridized carbons (Fsp3) is 0.750. The summed E-state index contributed by atoms with van der Waals surface area (Å²) in [6.45, 7) is 4.97. The van der Waals surface area contributed by atoms with Gasteiger partial charge in [-0.05, 0) is 13.8 Å². The summed E-state index contributed by atoms with van der Waals surface area (Å²) in [5.41, 5.74) is -0.840. The van der Waals surface area contributed by atoms with E-state index in [9.17, 15) is 14.4 Å². The largest absolute Gasteiger partial charge is 0.353 e. The number of amides is 3. The van der Waals surface area contributed by atoms with Crippen LogP contribution in [0.15, 0.2) is 0 Å². The molecular weight excluding hydrogens is 248 g/mol. The SMILES string of the molecule is CN1CCN(C(=O)C2CNC(=O)CN2)C(C)(C)C1=O. The summed E-state index contributed by atoms with van der Waals surface area (Å²) in [4.78, 5) is 38.9. The highest BCUT2D eigenvalue weighted by Gasteiger charge is 2.44. The molecule has 0 spiro atoms. The molecule has 2 N–H and O–H groups in total. The smallest absolute Gasteiger partial charge is 0.247 e. The van der Waals surface area contributed by atoms with Crippen molar-refractivity contribution in [3.8, 4) is 0 Å². The lowest BCUT2D eigenvalue weighted by atomic mass is 9.96. The second-order valence-electron chi connectivity index (χ2n) is 5.51. The second-order valence-corrected chi connectivity index (χ2v) is 5.51. The van der Waals surface area contributed by atoms with Crippen molar-refractivity contribution in [2.45, 2.75) is 25.4 Å². The molecule has 2 fully saturated rings. The Balaban J connectivity index is 2.10. The molecule has 7 heteroatoms. The molecule has 0 aromatic heterocycles. The van der Waals surface area contributed by atoms with Gasteiger partial charge in [0, 0.05) is 26.7 Å². The predicted molar refractivity (Wildman–Crippen MR) is 68.2 cm³/mol. The molecule has 19 heavy (non-hydrogen) atoms. The van der Waals surface area contributed by atoms with Crippen molar-refractivity contribution in [3.05, 3.63) is 0 Å². The molecule has 0 aliphatic carbocycles. The quantitative estimate of drug-likeness (QED) is 0.585. The highest BCUT2D eigenvalue weighted by atomic mass is 16.2. The predicted octanol–water partition coefficient (Wildman–Crippen LogP) is -1.85. The molecule has 2 saturated heterocycles. The minimum Gasteiger partial charge on any atom is -0.353 e. The number of nitrogens with zero attached hydrogens (tertiary/aromatic N) is 2. The van der Waals surface area contributed by atoms with Gasteiger partial charge in [-0.25, -0.2) is 0 Å². The summed E-state index contributed by atoms with van der Waals surface area (Å²) in [5.74, 6) is -0.309. The Labute approximate surface area is 112 Å². The van der Waals surface area contributed by atoms with Gasteiger partial charge in [0.05, 0.1) is 6.54 Å². The van der Waals surface area contributed by atoms with E-state index in [1.54, 1.807) is 30.7 Å². The lowest BCUT2D eigenvalue weighted by Crippen LogP contribution is -2.68. The van der Waals surface area contributed by atoms with Gasteiger partial charge in [0.2, 0.25) is 17.7 Å². The summed E-state index contributed by atoms with van der Waals surface area (Å²) in [6, 6.07) is -0.451. The first-order chi connectivity index (χ1) is 8.84. The van der Waals surface area contributed by atoms with Crippen molar-refractivity contribution in [3.63, 3.8) is 0 Å². The Morgan fingerprint density at radius 1 is 1.32 bits per heavy atom. The third-order valence-corrected chi connectivity index (χ3v) is 3.78.